The molecular formula is C10H2N6. The van der Waals surface area contributed by atoms with Crippen molar-refractivity contribution in [1.82, 2.24) is 0 Å². The zero-order chi connectivity index (χ0) is 12.7. The lowest BCUT2D eigenvalue weighted by molar-refractivity contribution is 0.820. The van der Waals surface area contributed by atoms with Gasteiger partial charge in [-0.3, -0.25) is 0 Å². The highest BCUT2D eigenvalue weighted by atomic mass is 14.4. The molecule has 0 heterocycles. The van der Waals surface area contributed by atoms with Gasteiger partial charge in [0.1, 0.15) is 36.4 Å². The summed E-state index contributed by atoms with van der Waals surface area (Å²) in [5, 5.41) is 51.6. The summed E-state index contributed by atoms with van der Waals surface area (Å²) in [5.74, 6) is 0. The fourth-order valence-corrected chi connectivity index (χ4v) is 0.624. The van der Waals surface area contributed by atoms with Gasteiger partial charge in [0.25, 0.3) is 0 Å². The second-order valence-corrected chi connectivity index (χ2v) is 2.62. The van der Waals surface area contributed by atoms with E-state index in [1.165, 1.54) is 36.4 Å². The first-order chi connectivity index (χ1) is 7.57. The Morgan fingerprint density at radius 1 is 0.500 bits per heavy atom. The van der Waals surface area contributed by atoms with E-state index in [-0.39, 0.29) is 0 Å². The quantitative estimate of drug-likeness (QED) is 0.607. The largest absolute Gasteiger partial charge is 0.246 e. The molecule has 0 amide bonds. The molecule has 0 saturated carbocycles. The van der Waals surface area contributed by atoms with Crippen molar-refractivity contribution in [2.75, 3.05) is 0 Å². The number of nitrogens with zero attached hydrogens (tertiary/aromatic N) is 6. The third-order valence-corrected chi connectivity index (χ3v) is 1.64. The minimum atomic E-state index is -2.09. The lowest BCUT2D eigenvalue weighted by Gasteiger charge is -2.04. The van der Waals surface area contributed by atoms with Crippen molar-refractivity contribution in [3.8, 4) is 36.4 Å². The average Bonchev–Trinajstić information content (AvgIpc) is 2.37. The van der Waals surface area contributed by atoms with Crippen LogP contribution in [0, 0.1) is 78.8 Å². The topological polar surface area (TPSA) is 143 Å². The van der Waals surface area contributed by atoms with Crippen LogP contribution in [0.5, 0.6) is 0 Å². The average molecular weight is 206 g/mol. The lowest BCUT2D eigenvalue weighted by atomic mass is 9.87. The van der Waals surface area contributed by atoms with Crippen LogP contribution in [-0.4, -0.2) is 0 Å². The normalized spacial score (nSPS) is 9.88. The highest BCUT2D eigenvalue weighted by Crippen LogP contribution is 2.21. The molecule has 6 nitrogen and oxygen atoms in total. The summed E-state index contributed by atoms with van der Waals surface area (Å²) < 4.78 is 0. The van der Waals surface area contributed by atoms with Crippen molar-refractivity contribution in [2.24, 2.45) is 10.8 Å². The van der Waals surface area contributed by atoms with Gasteiger partial charge in [0.2, 0.25) is 10.8 Å². The summed E-state index contributed by atoms with van der Waals surface area (Å²) in [7, 11) is 0. The van der Waals surface area contributed by atoms with Crippen LogP contribution in [0.1, 0.15) is 0 Å². The monoisotopic (exact) mass is 206 g/mol. The minimum Gasteiger partial charge on any atom is -0.195 e. The maximum atomic E-state index is 8.60. The lowest BCUT2D eigenvalue weighted by Crippen LogP contribution is -2.14. The van der Waals surface area contributed by atoms with Crippen LogP contribution in [-0.2, 0) is 0 Å². The minimum absolute atomic E-state index is 0.780. The molecule has 0 atom stereocenters. The van der Waals surface area contributed by atoms with Crippen LogP contribution in [0.15, 0.2) is 12.2 Å². The van der Waals surface area contributed by atoms with E-state index < -0.39 is 10.8 Å². The molecule has 6 heteroatoms. The standard InChI is InChI=1S/C10H2N6/c11-3-9(4-12,5-13)1-2-10(6-14,7-15)8-16/h1-2H. The molecule has 16 heavy (non-hydrogen) atoms. The van der Waals surface area contributed by atoms with Gasteiger partial charge in [0, 0.05) is 0 Å². The molecule has 0 aliphatic rings. The zero-order valence-corrected chi connectivity index (χ0v) is 7.84. The van der Waals surface area contributed by atoms with E-state index in [1.807, 2.05) is 0 Å². The van der Waals surface area contributed by atoms with Gasteiger partial charge in [-0.05, 0) is 12.2 Å². The molecule has 0 rings (SSSR count). The number of rotatable bonds is 2. The van der Waals surface area contributed by atoms with Gasteiger partial charge in [-0.25, -0.2) is 0 Å². The Hall–Kier alpha value is -3.32. The number of allylic oxidation sites excluding steroid dienone is 2. The Morgan fingerprint density at radius 2 is 0.688 bits per heavy atom. The molecular weight excluding hydrogens is 204 g/mol. The van der Waals surface area contributed by atoms with Gasteiger partial charge in [-0.2, -0.15) is 31.6 Å². The van der Waals surface area contributed by atoms with Gasteiger partial charge >= 0.3 is 0 Å². The number of hydrogen-bond acceptors (Lipinski definition) is 6. The molecule has 0 aromatic heterocycles. The maximum absolute atomic E-state index is 8.60. The second-order valence-electron chi connectivity index (χ2n) is 2.62. The van der Waals surface area contributed by atoms with Gasteiger partial charge in [0.15, 0.2) is 0 Å². The van der Waals surface area contributed by atoms with Crippen molar-refractivity contribution in [1.29, 1.82) is 31.6 Å². The first-order valence-electron chi connectivity index (χ1n) is 3.75. The Morgan fingerprint density at radius 3 is 0.812 bits per heavy atom. The Kier molecular flexibility index (Phi) is 3.79. The molecule has 0 saturated heterocycles. The summed E-state index contributed by atoms with van der Waals surface area (Å²) in [4.78, 5) is 0. The van der Waals surface area contributed by atoms with Crippen molar-refractivity contribution < 1.29 is 0 Å². The highest BCUT2D eigenvalue weighted by molar-refractivity contribution is 5.41. The van der Waals surface area contributed by atoms with E-state index in [1.54, 1.807) is 0 Å². The molecule has 0 fully saturated rings. The van der Waals surface area contributed by atoms with Crippen LogP contribution in [0.25, 0.3) is 0 Å². The molecule has 0 bridgehead atoms. The first kappa shape index (κ1) is 12.7. The number of nitriles is 6. The van der Waals surface area contributed by atoms with Crippen LogP contribution >= 0.6 is 0 Å². The van der Waals surface area contributed by atoms with Crippen LogP contribution < -0.4 is 0 Å². The molecule has 72 valence electrons. The third-order valence-electron chi connectivity index (χ3n) is 1.64. The first-order valence-corrected chi connectivity index (χ1v) is 3.75. The molecule has 0 unspecified atom stereocenters. The fraction of sp³-hybridized carbons (Fsp3) is 0.200. The summed E-state index contributed by atoms with van der Waals surface area (Å²) in [6.07, 6.45) is 1.56. The van der Waals surface area contributed by atoms with Gasteiger partial charge in [-0.1, -0.05) is 0 Å². The smallest absolute Gasteiger partial charge is 0.195 e. The van der Waals surface area contributed by atoms with E-state index in [0.717, 1.165) is 12.2 Å². The predicted molar refractivity (Wildman–Crippen MR) is 47.7 cm³/mol. The van der Waals surface area contributed by atoms with Crippen molar-refractivity contribution in [3.05, 3.63) is 12.2 Å². The van der Waals surface area contributed by atoms with Crippen molar-refractivity contribution in [3.63, 3.8) is 0 Å². The molecule has 0 aliphatic carbocycles. The third kappa shape index (κ3) is 2.13. The summed E-state index contributed by atoms with van der Waals surface area (Å²) in [5.41, 5.74) is -4.18. The maximum Gasteiger partial charge on any atom is 0.246 e. The molecule has 0 aromatic carbocycles. The molecule has 0 spiro atoms. The van der Waals surface area contributed by atoms with E-state index in [4.69, 9.17) is 31.6 Å². The van der Waals surface area contributed by atoms with Crippen molar-refractivity contribution in [2.45, 2.75) is 0 Å². The van der Waals surface area contributed by atoms with Crippen LogP contribution in [0.4, 0.5) is 0 Å². The molecule has 0 N–H and O–H groups in total. The molecule has 0 aromatic rings. The van der Waals surface area contributed by atoms with Crippen molar-refractivity contribution >= 4 is 0 Å². The molecule has 0 radical (unpaired) electrons. The zero-order valence-electron chi connectivity index (χ0n) is 7.84. The van der Waals surface area contributed by atoms with Gasteiger partial charge in [-0.15, -0.1) is 0 Å². The summed E-state index contributed by atoms with van der Waals surface area (Å²) in [6.45, 7) is 0. The summed E-state index contributed by atoms with van der Waals surface area (Å²) >= 11 is 0. The fourth-order valence-electron chi connectivity index (χ4n) is 0.624. The Bertz CT molecular complexity index is 433. The van der Waals surface area contributed by atoms with E-state index >= 15 is 0 Å². The van der Waals surface area contributed by atoms with E-state index in [0.29, 0.717) is 0 Å². The van der Waals surface area contributed by atoms with Gasteiger partial charge < -0.3 is 0 Å². The Balaban J connectivity index is 5.52. The number of hydrogen-bond donors (Lipinski definition) is 0. The van der Waals surface area contributed by atoms with Crippen LogP contribution in [0.2, 0.25) is 0 Å². The SMILES string of the molecule is N#CC(C#N)(C#N)C=CC(C#N)(C#N)C#N. The van der Waals surface area contributed by atoms with E-state index in [2.05, 4.69) is 0 Å². The highest BCUT2D eigenvalue weighted by Gasteiger charge is 2.31. The predicted octanol–water partition coefficient (Wildman–Crippen LogP) is 0.657. The van der Waals surface area contributed by atoms with Gasteiger partial charge in [0.05, 0.1) is 0 Å². The second kappa shape index (κ2) is 4.79. The Labute approximate surface area is 91.7 Å². The van der Waals surface area contributed by atoms with E-state index in [9.17, 15) is 0 Å². The van der Waals surface area contributed by atoms with Crippen LogP contribution in [0.3, 0.4) is 0 Å². The molecule has 0 aliphatic heterocycles. The summed E-state index contributed by atoms with van der Waals surface area (Å²) in [6, 6.07) is 8.54.